The number of anilines is 13. The van der Waals surface area contributed by atoms with Crippen LogP contribution >= 0.6 is 0 Å². The van der Waals surface area contributed by atoms with E-state index in [4.69, 9.17) is 0 Å². The second-order valence-electron chi connectivity index (χ2n) is 29.5. The van der Waals surface area contributed by atoms with Gasteiger partial charge in [-0.15, -0.1) is 0 Å². The molecule has 0 amide bonds. The van der Waals surface area contributed by atoms with Gasteiger partial charge in [0, 0.05) is 96.9 Å². The third-order valence-electron chi connectivity index (χ3n) is 23.0. The average molecular weight is 1260 g/mol. The monoisotopic (exact) mass is 1260 g/mol. The maximum absolute atomic E-state index is 2.94. The standard InChI is InChI=1S/C91H73B2N5/c1-91(2,3)65-53-83-87-84(54-65)98(90-73(63-32-14-6-15-33-63)42-27-43-74(90)64-34-16-7-17-35-64)82-58-81-77(57-78(82)92(87)75-44-22-24-46-79(75)95(83)66-36-18-8-19-37-66)93-76-45-23-25-47-80(76)97(89-71(61-28-10-4-11-29-61)40-26-41-72(89)62-30-12-5-13-31-62)86-56-70(94-68-49-59-48-60(51-68)52-69(94)50-59)55-85(88(86)93)96(81)67-38-20-9-21-39-67/h4-47,53-60,68-69H,48-52H2,1-3H3. The Bertz CT molecular complexity index is 5160. The molecule has 2 aliphatic carbocycles. The fourth-order valence-electron chi connectivity index (χ4n) is 19.1. The first-order valence-electron chi connectivity index (χ1n) is 35.6. The van der Waals surface area contributed by atoms with Crippen molar-refractivity contribution in [3.63, 3.8) is 0 Å². The lowest BCUT2D eigenvalue weighted by molar-refractivity contribution is 0.0900. The van der Waals surface area contributed by atoms with Crippen molar-refractivity contribution in [1.82, 2.24) is 0 Å². The van der Waals surface area contributed by atoms with Crippen LogP contribution in [0.15, 0.2) is 303 Å². The highest BCUT2D eigenvalue weighted by Crippen LogP contribution is 2.57. The third kappa shape index (κ3) is 8.80. The summed E-state index contributed by atoms with van der Waals surface area (Å²) in [7, 11) is 0. The second kappa shape index (κ2) is 22.3. The molecule has 0 aromatic heterocycles. The van der Waals surface area contributed by atoms with E-state index in [1.54, 1.807) is 0 Å². The molecule has 0 unspecified atom stereocenters. The number of piperidine rings is 2. The first-order valence-corrected chi connectivity index (χ1v) is 35.6. The van der Waals surface area contributed by atoms with Crippen LogP contribution in [0.2, 0.25) is 0 Å². The summed E-state index contributed by atoms with van der Waals surface area (Å²) in [5, 5.41) is 0. The van der Waals surface area contributed by atoms with Crippen LogP contribution in [0.3, 0.4) is 0 Å². The Morgan fingerprint density at radius 3 is 1.04 bits per heavy atom. The number of benzene rings is 13. The van der Waals surface area contributed by atoms with Gasteiger partial charge in [0.2, 0.25) is 0 Å². The van der Waals surface area contributed by atoms with E-state index in [0.717, 1.165) is 28.9 Å². The van der Waals surface area contributed by atoms with Gasteiger partial charge in [-0.1, -0.05) is 257 Å². The van der Waals surface area contributed by atoms with Crippen molar-refractivity contribution in [2.45, 2.75) is 70.4 Å². The molecular formula is C91H73B2N5. The molecule has 0 atom stereocenters. The molecule has 6 heterocycles. The van der Waals surface area contributed by atoms with Gasteiger partial charge in [0.15, 0.2) is 0 Å². The van der Waals surface area contributed by atoms with Gasteiger partial charge in [-0.25, -0.2) is 0 Å². The van der Waals surface area contributed by atoms with Crippen LogP contribution in [-0.4, -0.2) is 25.5 Å². The Balaban J connectivity index is 0.934. The Hall–Kier alpha value is -11.0. The normalized spacial score (nSPS) is 18.0. The van der Waals surface area contributed by atoms with Crippen LogP contribution in [0, 0.1) is 11.8 Å². The summed E-state index contributed by atoms with van der Waals surface area (Å²) in [5.74, 6) is 1.61. The van der Waals surface area contributed by atoms with Crippen molar-refractivity contribution in [3.05, 3.63) is 309 Å². The SMILES string of the molecule is CC(C)(C)c1cc2c3c(c1)N(c1c(-c4ccccc4)cccc1-c1ccccc1)c1cc4c(cc1B3c1ccccc1N2c1ccccc1)B1c2ccccc2N(c2c(-c3ccccc3)cccc2-c2ccccc2)c2cc(N3C5CC6CC(C5)CC3C6)cc(c21)N4c1ccccc1. The van der Waals surface area contributed by atoms with Crippen molar-refractivity contribution < 1.29 is 0 Å². The van der Waals surface area contributed by atoms with E-state index < -0.39 is 0 Å². The van der Waals surface area contributed by atoms with E-state index >= 15 is 0 Å². The quantitative estimate of drug-likeness (QED) is 0.134. The Morgan fingerprint density at radius 2 is 0.612 bits per heavy atom. The van der Waals surface area contributed by atoms with Gasteiger partial charge in [0.25, 0.3) is 13.4 Å². The van der Waals surface area contributed by atoms with Crippen LogP contribution < -0.4 is 57.3 Å². The summed E-state index contributed by atoms with van der Waals surface area (Å²) in [6, 6.07) is 117. The molecule has 21 rings (SSSR count). The average Bonchev–Trinajstić information content (AvgIpc) is 0.682. The zero-order valence-electron chi connectivity index (χ0n) is 55.6. The van der Waals surface area contributed by atoms with E-state index in [9.17, 15) is 0 Å². The number of hydrogen-bond donors (Lipinski definition) is 0. The molecule has 4 bridgehead atoms. The lowest BCUT2D eigenvalue weighted by atomic mass is 9.30. The molecule has 468 valence electrons. The van der Waals surface area contributed by atoms with Crippen LogP contribution in [0.4, 0.5) is 73.9 Å². The highest BCUT2D eigenvalue weighted by molar-refractivity contribution is 7.03. The fraction of sp³-hybridized carbons (Fsp3) is 0.143. The molecule has 98 heavy (non-hydrogen) atoms. The van der Waals surface area contributed by atoms with Crippen molar-refractivity contribution in [2.75, 3.05) is 24.5 Å². The zero-order valence-corrected chi connectivity index (χ0v) is 55.6. The topological polar surface area (TPSA) is 16.2 Å². The van der Waals surface area contributed by atoms with E-state index in [-0.39, 0.29) is 18.8 Å². The zero-order chi connectivity index (χ0) is 64.9. The Labute approximate surface area is 576 Å². The maximum Gasteiger partial charge on any atom is 0.252 e. The summed E-state index contributed by atoms with van der Waals surface area (Å²) in [6.45, 7) is 6.85. The summed E-state index contributed by atoms with van der Waals surface area (Å²) in [5.41, 5.74) is 34.0. The first-order chi connectivity index (χ1) is 48.3. The predicted octanol–water partition coefficient (Wildman–Crippen LogP) is 19.6. The second-order valence-corrected chi connectivity index (χ2v) is 29.5. The molecule has 8 aliphatic rings. The number of para-hydroxylation sites is 6. The summed E-state index contributed by atoms with van der Waals surface area (Å²) in [6.07, 6.45) is 6.45. The van der Waals surface area contributed by atoms with Crippen LogP contribution in [0.25, 0.3) is 44.5 Å². The molecular weight excluding hydrogens is 1180 g/mol. The van der Waals surface area contributed by atoms with Crippen LogP contribution in [-0.2, 0) is 5.41 Å². The van der Waals surface area contributed by atoms with Gasteiger partial charge in [0.1, 0.15) is 0 Å². The van der Waals surface area contributed by atoms with E-state index in [1.165, 1.54) is 172 Å². The molecule has 5 nitrogen and oxygen atoms in total. The number of nitrogens with zero attached hydrogens (tertiary/aromatic N) is 5. The van der Waals surface area contributed by atoms with Crippen LogP contribution in [0.1, 0.15) is 58.4 Å². The summed E-state index contributed by atoms with van der Waals surface area (Å²) >= 11 is 0. The van der Waals surface area contributed by atoms with Crippen LogP contribution in [0.5, 0.6) is 0 Å². The Kier molecular flexibility index (Phi) is 13.0. The summed E-state index contributed by atoms with van der Waals surface area (Å²) in [4.78, 5) is 13.7. The van der Waals surface area contributed by atoms with Crippen molar-refractivity contribution in [3.8, 4) is 44.5 Å². The molecule has 4 fully saturated rings. The third-order valence-corrected chi connectivity index (χ3v) is 23.0. The van der Waals surface area contributed by atoms with Gasteiger partial charge in [-0.2, -0.15) is 0 Å². The highest BCUT2D eigenvalue weighted by atomic mass is 15.2. The number of hydrogen-bond acceptors (Lipinski definition) is 5. The molecule has 0 spiro atoms. The number of rotatable bonds is 9. The molecule has 7 heteroatoms. The number of fused-ring (bicyclic) bond motifs is 8. The van der Waals surface area contributed by atoms with Gasteiger partial charge in [0.05, 0.1) is 11.4 Å². The first kappa shape index (κ1) is 57.3. The lowest BCUT2D eigenvalue weighted by Gasteiger charge is -2.58. The molecule has 0 N–H and O–H groups in total. The van der Waals surface area contributed by atoms with Crippen molar-refractivity contribution in [1.29, 1.82) is 0 Å². The molecule has 0 radical (unpaired) electrons. The van der Waals surface area contributed by atoms with Gasteiger partial charge < -0.3 is 24.5 Å². The predicted molar refractivity (Wildman–Crippen MR) is 415 cm³/mol. The van der Waals surface area contributed by atoms with Gasteiger partial charge in [-0.3, -0.25) is 0 Å². The lowest BCUT2D eigenvalue weighted by Crippen LogP contribution is -2.65. The van der Waals surface area contributed by atoms with Gasteiger partial charge in [-0.05, 0) is 177 Å². The maximum atomic E-state index is 2.94. The highest BCUT2D eigenvalue weighted by Gasteiger charge is 2.52. The minimum atomic E-state index is -0.217. The fourth-order valence-corrected chi connectivity index (χ4v) is 19.1. The molecule has 13 aromatic carbocycles. The molecule has 6 aliphatic heterocycles. The van der Waals surface area contributed by atoms with Gasteiger partial charge >= 0.3 is 0 Å². The van der Waals surface area contributed by atoms with E-state index in [0.29, 0.717) is 12.1 Å². The Morgan fingerprint density at radius 1 is 0.276 bits per heavy atom. The minimum Gasteiger partial charge on any atom is -0.365 e. The largest absolute Gasteiger partial charge is 0.365 e. The molecule has 13 aromatic rings. The molecule has 2 saturated heterocycles. The minimum absolute atomic E-state index is 0.148. The molecule has 2 saturated carbocycles. The van der Waals surface area contributed by atoms with Crippen molar-refractivity contribution >= 4 is 120 Å². The smallest absolute Gasteiger partial charge is 0.252 e. The van der Waals surface area contributed by atoms with Crippen molar-refractivity contribution in [2.24, 2.45) is 11.8 Å². The summed E-state index contributed by atoms with van der Waals surface area (Å²) < 4.78 is 0. The van der Waals surface area contributed by atoms with E-state index in [1.807, 2.05) is 0 Å². The van der Waals surface area contributed by atoms with E-state index in [2.05, 4.69) is 349 Å².